The highest BCUT2D eigenvalue weighted by Gasteiger charge is 2.12. The van der Waals surface area contributed by atoms with Crippen molar-refractivity contribution >= 4 is 34.7 Å². The third-order valence-electron chi connectivity index (χ3n) is 5.00. The Morgan fingerprint density at radius 1 is 0.548 bits per heavy atom. The number of benzene rings is 4. The minimum atomic E-state index is 0.621. The summed E-state index contributed by atoms with van der Waals surface area (Å²) in [6, 6.07) is 32.0. The zero-order valence-electron chi connectivity index (χ0n) is 17.6. The molecule has 0 saturated carbocycles. The number of hydrogen-bond donors (Lipinski definition) is 0. The Bertz CT molecular complexity index is 1130. The Morgan fingerprint density at radius 2 is 0.903 bits per heavy atom. The Hall–Kier alpha value is -4.05. The number of azo groups is 1. The second-order valence-electron chi connectivity index (χ2n) is 7.43. The fourth-order valence-corrected chi connectivity index (χ4v) is 3.24. The number of nitrogens with zero attached hydrogens (tertiary/aromatic N) is 3. The Kier molecular flexibility index (Phi) is 5.99. The molecule has 4 nitrogen and oxygen atoms in total. The van der Waals surface area contributed by atoms with Crippen molar-refractivity contribution in [1.82, 2.24) is 0 Å². The minimum Gasteiger partial charge on any atom is -0.311 e. The monoisotopic (exact) mass is 405 g/mol. The lowest BCUT2D eigenvalue weighted by Crippen LogP contribution is -2.09. The Balaban J connectivity index is 1.62. The van der Waals surface area contributed by atoms with Gasteiger partial charge in [0, 0.05) is 22.6 Å². The molecule has 0 atom stereocenters. The summed E-state index contributed by atoms with van der Waals surface area (Å²) in [6.07, 6.45) is 0.813. The molecule has 4 aromatic carbocycles. The average molecular weight is 406 g/mol. The summed E-state index contributed by atoms with van der Waals surface area (Å²) in [5, 5.41) is 8.58. The number of carbonyl (C=O) groups excluding carboxylic acids is 1. The average Bonchev–Trinajstić information content (AvgIpc) is 2.81. The van der Waals surface area contributed by atoms with Crippen molar-refractivity contribution in [3.63, 3.8) is 0 Å². The van der Waals surface area contributed by atoms with Gasteiger partial charge in [0.25, 0.3) is 0 Å². The van der Waals surface area contributed by atoms with Crippen molar-refractivity contribution in [2.75, 3.05) is 4.90 Å². The van der Waals surface area contributed by atoms with Gasteiger partial charge in [-0.1, -0.05) is 35.4 Å². The molecule has 0 saturated heterocycles. The van der Waals surface area contributed by atoms with Crippen LogP contribution in [0, 0.1) is 13.8 Å². The van der Waals surface area contributed by atoms with E-state index in [9.17, 15) is 4.79 Å². The van der Waals surface area contributed by atoms with E-state index in [-0.39, 0.29) is 0 Å². The molecule has 0 unspecified atom stereocenters. The van der Waals surface area contributed by atoms with E-state index in [2.05, 4.69) is 77.5 Å². The van der Waals surface area contributed by atoms with Crippen LogP contribution < -0.4 is 4.90 Å². The van der Waals surface area contributed by atoms with Crippen molar-refractivity contribution in [3.8, 4) is 0 Å². The highest BCUT2D eigenvalue weighted by Crippen LogP contribution is 2.35. The first-order valence-electron chi connectivity index (χ1n) is 10.1. The lowest BCUT2D eigenvalue weighted by molar-refractivity contribution is 0.112. The van der Waals surface area contributed by atoms with Gasteiger partial charge in [-0.2, -0.15) is 10.2 Å². The lowest BCUT2D eigenvalue weighted by atomic mass is 10.1. The lowest BCUT2D eigenvalue weighted by Gasteiger charge is -2.25. The van der Waals surface area contributed by atoms with Gasteiger partial charge in [-0.15, -0.1) is 0 Å². The van der Waals surface area contributed by atoms with Crippen LogP contribution in [0.5, 0.6) is 0 Å². The third kappa shape index (κ3) is 4.93. The maximum absolute atomic E-state index is 10.8. The van der Waals surface area contributed by atoms with E-state index < -0.39 is 0 Å². The molecular weight excluding hydrogens is 382 g/mol. The van der Waals surface area contributed by atoms with E-state index in [0.717, 1.165) is 29.0 Å². The molecule has 152 valence electrons. The van der Waals surface area contributed by atoms with Gasteiger partial charge in [0.05, 0.1) is 11.4 Å². The second-order valence-corrected chi connectivity index (χ2v) is 7.43. The van der Waals surface area contributed by atoms with Gasteiger partial charge in [-0.3, -0.25) is 4.79 Å². The van der Waals surface area contributed by atoms with Crippen LogP contribution in [-0.2, 0) is 0 Å². The standard InChI is InChI=1S/C27H23N3O/c1-20-3-13-25(14-4-20)30(26-15-5-21(2)6-16-26)27-17-11-24(12-18-27)29-28-23-9-7-22(19-31)8-10-23/h3-19H,1-2H3. The molecule has 0 heterocycles. The second kappa shape index (κ2) is 9.18. The van der Waals surface area contributed by atoms with Gasteiger partial charge in [0.1, 0.15) is 6.29 Å². The summed E-state index contributed by atoms with van der Waals surface area (Å²) in [5.41, 5.74) is 7.77. The number of rotatable bonds is 6. The van der Waals surface area contributed by atoms with Crippen molar-refractivity contribution in [2.24, 2.45) is 10.2 Å². The molecule has 0 fully saturated rings. The van der Waals surface area contributed by atoms with Crippen LogP contribution in [0.15, 0.2) is 107 Å². The van der Waals surface area contributed by atoms with Crippen LogP contribution in [0.25, 0.3) is 0 Å². The first-order valence-corrected chi connectivity index (χ1v) is 10.1. The topological polar surface area (TPSA) is 45.0 Å². The maximum atomic E-state index is 10.8. The number of carbonyl (C=O) groups is 1. The van der Waals surface area contributed by atoms with E-state index >= 15 is 0 Å². The highest BCUT2D eigenvalue weighted by molar-refractivity contribution is 5.77. The molecule has 4 heteroatoms. The van der Waals surface area contributed by atoms with Crippen LogP contribution in [-0.4, -0.2) is 6.29 Å². The molecule has 0 bridgehead atoms. The first kappa shape index (κ1) is 20.2. The van der Waals surface area contributed by atoms with Crippen LogP contribution in [0.1, 0.15) is 21.5 Å². The van der Waals surface area contributed by atoms with Gasteiger partial charge in [-0.05, 0) is 86.6 Å². The number of aldehydes is 1. The molecule has 0 N–H and O–H groups in total. The number of aryl methyl sites for hydroxylation is 2. The van der Waals surface area contributed by atoms with Crippen molar-refractivity contribution in [1.29, 1.82) is 0 Å². The molecule has 0 amide bonds. The van der Waals surface area contributed by atoms with Gasteiger partial charge in [-0.25, -0.2) is 0 Å². The summed E-state index contributed by atoms with van der Waals surface area (Å²) < 4.78 is 0. The van der Waals surface area contributed by atoms with Gasteiger partial charge < -0.3 is 4.90 Å². The van der Waals surface area contributed by atoms with Crippen LogP contribution >= 0.6 is 0 Å². The Morgan fingerprint density at radius 3 is 1.29 bits per heavy atom. The van der Waals surface area contributed by atoms with Gasteiger partial charge in [0.15, 0.2) is 0 Å². The van der Waals surface area contributed by atoms with E-state index in [4.69, 9.17) is 0 Å². The minimum absolute atomic E-state index is 0.621. The maximum Gasteiger partial charge on any atom is 0.150 e. The van der Waals surface area contributed by atoms with Gasteiger partial charge >= 0.3 is 0 Å². The molecule has 0 aliphatic heterocycles. The molecule has 4 aromatic rings. The summed E-state index contributed by atoms with van der Waals surface area (Å²) in [4.78, 5) is 13.0. The van der Waals surface area contributed by atoms with E-state index in [1.54, 1.807) is 24.3 Å². The van der Waals surface area contributed by atoms with Crippen LogP contribution in [0.3, 0.4) is 0 Å². The summed E-state index contributed by atoms with van der Waals surface area (Å²) in [5.74, 6) is 0. The quantitative estimate of drug-likeness (QED) is 0.241. The predicted octanol–water partition coefficient (Wildman–Crippen LogP) is 8.00. The molecule has 0 aliphatic carbocycles. The molecule has 0 spiro atoms. The molecule has 4 rings (SSSR count). The molecule has 0 radical (unpaired) electrons. The van der Waals surface area contributed by atoms with E-state index in [1.165, 1.54) is 11.1 Å². The first-order chi connectivity index (χ1) is 15.1. The van der Waals surface area contributed by atoms with Crippen molar-refractivity contribution in [2.45, 2.75) is 13.8 Å². The molecule has 0 aromatic heterocycles. The molecule has 0 aliphatic rings. The fourth-order valence-electron chi connectivity index (χ4n) is 3.24. The summed E-state index contributed by atoms with van der Waals surface area (Å²) in [7, 11) is 0. The third-order valence-corrected chi connectivity index (χ3v) is 5.00. The summed E-state index contributed by atoms with van der Waals surface area (Å²) >= 11 is 0. The largest absolute Gasteiger partial charge is 0.311 e. The normalized spacial score (nSPS) is 10.9. The van der Waals surface area contributed by atoms with Gasteiger partial charge in [0.2, 0.25) is 0 Å². The van der Waals surface area contributed by atoms with Crippen LogP contribution in [0.2, 0.25) is 0 Å². The highest BCUT2D eigenvalue weighted by atomic mass is 16.1. The number of hydrogen-bond acceptors (Lipinski definition) is 4. The van der Waals surface area contributed by atoms with Crippen molar-refractivity contribution < 1.29 is 4.79 Å². The number of anilines is 3. The van der Waals surface area contributed by atoms with Crippen molar-refractivity contribution in [3.05, 3.63) is 114 Å². The molecular formula is C27H23N3O. The van der Waals surface area contributed by atoms with E-state index in [1.807, 2.05) is 24.3 Å². The summed E-state index contributed by atoms with van der Waals surface area (Å²) in [6.45, 7) is 4.18. The molecule has 31 heavy (non-hydrogen) atoms. The zero-order valence-corrected chi connectivity index (χ0v) is 17.6. The Labute approximate surface area is 182 Å². The van der Waals surface area contributed by atoms with E-state index in [0.29, 0.717) is 11.3 Å². The fraction of sp³-hybridized carbons (Fsp3) is 0.0741. The smallest absolute Gasteiger partial charge is 0.150 e. The predicted molar refractivity (Wildman–Crippen MR) is 127 cm³/mol. The SMILES string of the molecule is Cc1ccc(N(c2ccc(C)cc2)c2ccc(N=Nc3ccc(C=O)cc3)cc2)cc1. The zero-order chi connectivity index (χ0) is 21.6. The van der Waals surface area contributed by atoms with Crippen LogP contribution in [0.4, 0.5) is 28.4 Å².